The van der Waals surface area contributed by atoms with Crippen molar-refractivity contribution in [3.8, 4) is 0 Å². The van der Waals surface area contributed by atoms with Crippen molar-refractivity contribution in [1.29, 1.82) is 0 Å². The van der Waals surface area contributed by atoms with Crippen molar-refractivity contribution in [2.45, 2.75) is 13.1 Å². The molecule has 96 valence electrons. The van der Waals surface area contributed by atoms with Crippen LogP contribution in [0.3, 0.4) is 0 Å². The van der Waals surface area contributed by atoms with Gasteiger partial charge in [-0.3, -0.25) is 0 Å². The molecule has 0 radical (unpaired) electrons. The molecule has 1 aromatic heterocycles. The lowest BCUT2D eigenvalue weighted by Gasteiger charge is -2.03. The molecule has 19 heavy (non-hydrogen) atoms. The van der Waals surface area contributed by atoms with Gasteiger partial charge in [-0.2, -0.15) is 0 Å². The maximum atomic E-state index is 4.53. The molecule has 0 saturated heterocycles. The summed E-state index contributed by atoms with van der Waals surface area (Å²) in [6, 6.07) is 16.4. The number of aromatic amines is 1. The van der Waals surface area contributed by atoms with Gasteiger partial charge in [0.25, 0.3) is 0 Å². The predicted octanol–water partition coefficient (Wildman–Crippen LogP) is 3.62. The van der Waals surface area contributed by atoms with E-state index in [9.17, 15) is 0 Å². The van der Waals surface area contributed by atoms with Crippen LogP contribution < -0.4 is 5.32 Å². The van der Waals surface area contributed by atoms with E-state index < -0.39 is 0 Å². The van der Waals surface area contributed by atoms with Gasteiger partial charge in [0.2, 0.25) is 0 Å². The molecule has 0 aliphatic carbocycles. The van der Waals surface area contributed by atoms with Crippen LogP contribution in [0.2, 0.25) is 0 Å². The summed E-state index contributed by atoms with van der Waals surface area (Å²) in [5, 5.41) is 3.39. The average Bonchev–Trinajstić information content (AvgIpc) is 2.83. The van der Waals surface area contributed by atoms with E-state index in [1.807, 2.05) is 24.3 Å². The van der Waals surface area contributed by atoms with Crippen LogP contribution in [-0.2, 0) is 13.1 Å². The van der Waals surface area contributed by atoms with E-state index in [1.54, 1.807) is 0 Å². The second kappa shape index (κ2) is 5.55. The minimum Gasteiger partial charge on any atom is -0.341 e. The number of nitrogens with one attached hydrogen (secondary N) is 2. The molecule has 3 aromatic rings. The first-order chi connectivity index (χ1) is 9.31. The Bertz CT molecular complexity index is 640. The number of hydrogen-bond acceptors (Lipinski definition) is 2. The van der Waals surface area contributed by atoms with Crippen LogP contribution >= 0.6 is 15.9 Å². The number of aromatic nitrogens is 2. The summed E-state index contributed by atoms with van der Waals surface area (Å²) in [4.78, 5) is 7.84. The first-order valence-corrected chi connectivity index (χ1v) is 6.99. The standard InChI is InChI=1S/C15H14BrN3/c16-12-7-5-11(6-8-12)9-17-10-15-18-13-3-1-2-4-14(13)19-15/h1-8,17H,9-10H2,(H,18,19). The molecule has 4 heteroatoms. The van der Waals surface area contributed by atoms with E-state index in [0.29, 0.717) is 0 Å². The summed E-state index contributed by atoms with van der Waals surface area (Å²) in [7, 11) is 0. The van der Waals surface area contributed by atoms with Crippen molar-refractivity contribution in [3.05, 3.63) is 64.4 Å². The van der Waals surface area contributed by atoms with Crippen molar-refractivity contribution in [1.82, 2.24) is 15.3 Å². The van der Waals surface area contributed by atoms with Crippen LogP contribution in [0.5, 0.6) is 0 Å². The Morgan fingerprint density at radius 3 is 2.58 bits per heavy atom. The lowest BCUT2D eigenvalue weighted by Crippen LogP contribution is -2.13. The highest BCUT2D eigenvalue weighted by Gasteiger charge is 2.01. The van der Waals surface area contributed by atoms with Crippen molar-refractivity contribution >= 4 is 27.0 Å². The van der Waals surface area contributed by atoms with E-state index >= 15 is 0 Å². The highest BCUT2D eigenvalue weighted by Crippen LogP contribution is 2.11. The van der Waals surface area contributed by atoms with E-state index in [4.69, 9.17) is 0 Å². The Kier molecular flexibility index (Phi) is 3.62. The van der Waals surface area contributed by atoms with E-state index in [1.165, 1.54) is 5.56 Å². The molecule has 1 heterocycles. The number of imidazole rings is 1. The number of benzene rings is 2. The van der Waals surface area contributed by atoms with Gasteiger partial charge in [-0.1, -0.05) is 40.2 Å². The van der Waals surface area contributed by atoms with Gasteiger partial charge in [0.05, 0.1) is 17.6 Å². The molecule has 2 N–H and O–H groups in total. The molecule has 0 aliphatic heterocycles. The van der Waals surface area contributed by atoms with Gasteiger partial charge in [0.1, 0.15) is 5.82 Å². The number of nitrogens with zero attached hydrogens (tertiary/aromatic N) is 1. The Balaban J connectivity index is 1.61. The Hall–Kier alpha value is -1.65. The third kappa shape index (κ3) is 3.03. The van der Waals surface area contributed by atoms with Gasteiger partial charge in [-0.25, -0.2) is 4.98 Å². The maximum Gasteiger partial charge on any atom is 0.121 e. The number of halogens is 1. The number of hydrogen-bond donors (Lipinski definition) is 2. The highest BCUT2D eigenvalue weighted by molar-refractivity contribution is 9.10. The highest BCUT2D eigenvalue weighted by atomic mass is 79.9. The van der Waals surface area contributed by atoms with Crippen LogP contribution in [0, 0.1) is 0 Å². The van der Waals surface area contributed by atoms with Crippen LogP contribution in [0.15, 0.2) is 53.0 Å². The molecule has 0 unspecified atom stereocenters. The fourth-order valence-corrected chi connectivity index (χ4v) is 2.28. The summed E-state index contributed by atoms with van der Waals surface area (Å²) < 4.78 is 1.11. The molecule has 0 spiro atoms. The second-order valence-corrected chi connectivity index (χ2v) is 5.35. The smallest absolute Gasteiger partial charge is 0.121 e. The fraction of sp³-hybridized carbons (Fsp3) is 0.133. The van der Waals surface area contributed by atoms with Gasteiger partial charge < -0.3 is 10.3 Å². The molecule has 0 aliphatic rings. The Labute approximate surface area is 120 Å². The molecule has 0 atom stereocenters. The second-order valence-electron chi connectivity index (χ2n) is 4.43. The van der Waals surface area contributed by atoms with Gasteiger partial charge in [-0.05, 0) is 29.8 Å². The van der Waals surface area contributed by atoms with Gasteiger partial charge >= 0.3 is 0 Å². The van der Waals surface area contributed by atoms with E-state index in [2.05, 4.69) is 55.5 Å². The number of fused-ring (bicyclic) bond motifs is 1. The molecule has 0 bridgehead atoms. The van der Waals surface area contributed by atoms with Gasteiger partial charge in [-0.15, -0.1) is 0 Å². The van der Waals surface area contributed by atoms with Crippen molar-refractivity contribution in [2.24, 2.45) is 0 Å². The molecule has 0 saturated carbocycles. The zero-order chi connectivity index (χ0) is 13.1. The molecular formula is C15H14BrN3. The molecule has 0 amide bonds. The average molecular weight is 316 g/mol. The lowest BCUT2D eigenvalue weighted by molar-refractivity contribution is 0.670. The lowest BCUT2D eigenvalue weighted by atomic mass is 10.2. The normalized spacial score (nSPS) is 11.0. The summed E-state index contributed by atoms with van der Waals surface area (Å²) >= 11 is 3.43. The number of rotatable bonds is 4. The third-order valence-electron chi connectivity index (χ3n) is 2.97. The maximum absolute atomic E-state index is 4.53. The summed E-state index contributed by atoms with van der Waals surface area (Å²) in [5.74, 6) is 0.971. The van der Waals surface area contributed by atoms with Crippen LogP contribution in [0.4, 0.5) is 0 Å². The molecular weight excluding hydrogens is 302 g/mol. The first-order valence-electron chi connectivity index (χ1n) is 6.20. The SMILES string of the molecule is Brc1ccc(CNCc2nc3ccccc3[nH]2)cc1. The zero-order valence-electron chi connectivity index (χ0n) is 10.4. The minimum absolute atomic E-state index is 0.741. The quantitative estimate of drug-likeness (QED) is 0.772. The molecule has 3 rings (SSSR count). The molecule has 2 aromatic carbocycles. The van der Waals surface area contributed by atoms with Crippen LogP contribution in [0.25, 0.3) is 11.0 Å². The van der Waals surface area contributed by atoms with Crippen molar-refractivity contribution in [2.75, 3.05) is 0 Å². The predicted molar refractivity (Wildman–Crippen MR) is 80.8 cm³/mol. The first kappa shape index (κ1) is 12.4. The third-order valence-corrected chi connectivity index (χ3v) is 3.50. The van der Waals surface area contributed by atoms with Crippen LogP contribution in [0.1, 0.15) is 11.4 Å². The van der Waals surface area contributed by atoms with E-state index in [0.717, 1.165) is 34.4 Å². The van der Waals surface area contributed by atoms with Gasteiger partial charge in [0, 0.05) is 11.0 Å². The number of para-hydroxylation sites is 2. The van der Waals surface area contributed by atoms with Crippen molar-refractivity contribution < 1.29 is 0 Å². The Morgan fingerprint density at radius 2 is 1.79 bits per heavy atom. The zero-order valence-corrected chi connectivity index (χ0v) is 11.9. The van der Waals surface area contributed by atoms with E-state index in [-0.39, 0.29) is 0 Å². The summed E-state index contributed by atoms with van der Waals surface area (Å²) in [5.41, 5.74) is 3.37. The van der Waals surface area contributed by atoms with Crippen molar-refractivity contribution in [3.63, 3.8) is 0 Å². The number of H-pyrrole nitrogens is 1. The van der Waals surface area contributed by atoms with Gasteiger partial charge in [0.15, 0.2) is 0 Å². The topological polar surface area (TPSA) is 40.7 Å². The van der Waals surface area contributed by atoms with Crippen LogP contribution in [-0.4, -0.2) is 9.97 Å². The summed E-state index contributed by atoms with van der Waals surface area (Å²) in [6.45, 7) is 1.58. The molecule has 3 nitrogen and oxygen atoms in total. The fourth-order valence-electron chi connectivity index (χ4n) is 2.02. The molecule has 0 fully saturated rings. The monoisotopic (exact) mass is 315 g/mol. The minimum atomic E-state index is 0.741. The summed E-state index contributed by atoms with van der Waals surface area (Å²) in [6.07, 6.45) is 0. The largest absolute Gasteiger partial charge is 0.341 e. The Morgan fingerprint density at radius 1 is 1.00 bits per heavy atom.